The standard InChI is InChI=1S/C33H27N7O3/c1-43-29(41)18-21-6-10-23(11-7-21)33(42)37-19-22-8-12-25(13-9-22)40-31(26-5-3-17-36-30(26)34)39-28-15-14-27(38-32(28)40)24-4-2-16-35-20-24/h2-17,20H,18-19H2,1H3,(H2,34,36)(H,37,42). The van der Waals surface area contributed by atoms with Crippen molar-refractivity contribution in [2.45, 2.75) is 13.0 Å². The van der Waals surface area contributed by atoms with Gasteiger partial charge in [-0.25, -0.2) is 15.0 Å². The van der Waals surface area contributed by atoms with Crippen LogP contribution in [0.3, 0.4) is 0 Å². The highest BCUT2D eigenvalue weighted by Gasteiger charge is 2.19. The summed E-state index contributed by atoms with van der Waals surface area (Å²) in [6.07, 6.45) is 5.30. The van der Waals surface area contributed by atoms with Gasteiger partial charge < -0.3 is 15.8 Å². The summed E-state index contributed by atoms with van der Waals surface area (Å²) in [5.41, 5.74) is 13.0. The molecule has 0 bridgehead atoms. The summed E-state index contributed by atoms with van der Waals surface area (Å²) in [6.45, 7) is 0.333. The number of nitrogens with one attached hydrogen (secondary N) is 1. The lowest BCUT2D eigenvalue weighted by Crippen LogP contribution is -2.22. The fourth-order valence-corrected chi connectivity index (χ4v) is 4.72. The Morgan fingerprint density at radius 2 is 1.65 bits per heavy atom. The topological polar surface area (TPSA) is 138 Å². The average molecular weight is 570 g/mol. The highest BCUT2D eigenvalue weighted by atomic mass is 16.5. The maximum Gasteiger partial charge on any atom is 0.309 e. The normalized spacial score (nSPS) is 10.9. The van der Waals surface area contributed by atoms with Gasteiger partial charge >= 0.3 is 5.97 Å². The minimum atomic E-state index is -0.329. The number of rotatable bonds is 8. The number of carbonyl (C=O) groups is 2. The second-order valence-corrected chi connectivity index (χ2v) is 9.79. The van der Waals surface area contributed by atoms with E-state index in [1.54, 1.807) is 42.9 Å². The minimum absolute atomic E-state index is 0.159. The van der Waals surface area contributed by atoms with E-state index in [1.807, 2.05) is 65.2 Å². The van der Waals surface area contributed by atoms with Crippen LogP contribution in [0.2, 0.25) is 0 Å². The molecule has 1 amide bonds. The van der Waals surface area contributed by atoms with Gasteiger partial charge in [0, 0.05) is 41.9 Å². The van der Waals surface area contributed by atoms with Gasteiger partial charge in [-0.05, 0) is 71.8 Å². The first-order valence-electron chi connectivity index (χ1n) is 13.5. The summed E-state index contributed by atoms with van der Waals surface area (Å²) in [6, 6.07) is 26.1. The van der Waals surface area contributed by atoms with Crippen molar-refractivity contribution in [2.75, 3.05) is 12.8 Å². The van der Waals surface area contributed by atoms with Crippen molar-refractivity contribution < 1.29 is 14.3 Å². The van der Waals surface area contributed by atoms with Gasteiger partial charge in [0.15, 0.2) is 11.5 Å². The van der Waals surface area contributed by atoms with Crippen molar-refractivity contribution in [1.29, 1.82) is 0 Å². The highest BCUT2D eigenvalue weighted by molar-refractivity contribution is 5.94. The van der Waals surface area contributed by atoms with E-state index in [0.717, 1.165) is 28.1 Å². The zero-order chi connectivity index (χ0) is 29.8. The summed E-state index contributed by atoms with van der Waals surface area (Å²) in [5.74, 6) is 0.443. The second kappa shape index (κ2) is 11.9. The van der Waals surface area contributed by atoms with Crippen LogP contribution in [-0.4, -0.2) is 43.5 Å². The summed E-state index contributed by atoms with van der Waals surface area (Å²) < 4.78 is 6.65. The molecule has 0 atom stereocenters. The molecule has 0 saturated carbocycles. The number of nitrogens with two attached hydrogens (primary N) is 1. The number of amides is 1. The Morgan fingerprint density at radius 1 is 0.884 bits per heavy atom. The number of esters is 1. The van der Waals surface area contributed by atoms with E-state index in [4.69, 9.17) is 20.4 Å². The molecule has 6 aromatic rings. The molecule has 43 heavy (non-hydrogen) atoms. The zero-order valence-electron chi connectivity index (χ0n) is 23.3. The van der Waals surface area contributed by atoms with Gasteiger partial charge in [-0.1, -0.05) is 24.3 Å². The Morgan fingerprint density at radius 3 is 2.37 bits per heavy atom. The molecule has 0 aliphatic rings. The van der Waals surface area contributed by atoms with E-state index in [1.165, 1.54) is 7.11 Å². The molecule has 10 nitrogen and oxygen atoms in total. The molecule has 0 spiro atoms. The first kappa shape index (κ1) is 27.3. The molecule has 0 aliphatic heterocycles. The maximum atomic E-state index is 12.7. The molecule has 2 aromatic carbocycles. The van der Waals surface area contributed by atoms with Gasteiger partial charge in [-0.2, -0.15) is 0 Å². The van der Waals surface area contributed by atoms with Crippen molar-refractivity contribution in [3.63, 3.8) is 0 Å². The molecule has 212 valence electrons. The third kappa shape index (κ3) is 5.80. The van der Waals surface area contributed by atoms with Crippen molar-refractivity contribution in [3.8, 4) is 28.3 Å². The smallest absolute Gasteiger partial charge is 0.309 e. The van der Waals surface area contributed by atoms with Gasteiger partial charge in [0.05, 0.1) is 24.8 Å². The van der Waals surface area contributed by atoms with Gasteiger partial charge in [-0.15, -0.1) is 0 Å². The maximum absolute atomic E-state index is 12.7. The molecule has 0 radical (unpaired) electrons. The van der Waals surface area contributed by atoms with E-state index in [9.17, 15) is 9.59 Å². The van der Waals surface area contributed by atoms with Crippen LogP contribution >= 0.6 is 0 Å². The Kier molecular flexibility index (Phi) is 7.56. The molecule has 4 heterocycles. The molecule has 6 rings (SSSR count). The molecule has 0 fully saturated rings. The van der Waals surface area contributed by atoms with E-state index >= 15 is 0 Å². The number of pyridine rings is 3. The number of carbonyl (C=O) groups excluding carboxylic acids is 2. The van der Waals surface area contributed by atoms with Crippen molar-refractivity contribution in [3.05, 3.63) is 120 Å². The minimum Gasteiger partial charge on any atom is -0.469 e. The lowest BCUT2D eigenvalue weighted by Gasteiger charge is -2.12. The number of anilines is 1. The molecule has 0 unspecified atom stereocenters. The monoisotopic (exact) mass is 569 g/mol. The van der Waals surface area contributed by atoms with Crippen LogP contribution in [0.4, 0.5) is 5.82 Å². The Labute approximate surface area is 247 Å². The number of fused-ring (bicyclic) bond motifs is 1. The Balaban J connectivity index is 1.28. The lowest BCUT2D eigenvalue weighted by atomic mass is 10.1. The molecule has 3 N–H and O–H groups in total. The van der Waals surface area contributed by atoms with E-state index in [2.05, 4.69) is 15.3 Å². The Bertz CT molecular complexity index is 1920. The molecule has 4 aromatic heterocycles. The largest absolute Gasteiger partial charge is 0.469 e. The van der Waals surface area contributed by atoms with Crippen LogP contribution in [0.15, 0.2) is 104 Å². The highest BCUT2D eigenvalue weighted by Crippen LogP contribution is 2.31. The number of nitrogens with zero attached hydrogens (tertiary/aromatic N) is 5. The number of aromatic nitrogens is 5. The first-order chi connectivity index (χ1) is 21.0. The lowest BCUT2D eigenvalue weighted by molar-refractivity contribution is -0.139. The quantitative estimate of drug-likeness (QED) is 0.250. The molecule has 0 saturated heterocycles. The average Bonchev–Trinajstić information content (AvgIpc) is 3.43. The summed E-state index contributed by atoms with van der Waals surface area (Å²) >= 11 is 0. The number of methoxy groups -OCH3 is 1. The van der Waals surface area contributed by atoms with E-state index in [0.29, 0.717) is 40.5 Å². The predicted molar refractivity (Wildman–Crippen MR) is 163 cm³/mol. The fourth-order valence-electron chi connectivity index (χ4n) is 4.72. The number of nitrogen functional groups attached to an aromatic ring is 1. The van der Waals surface area contributed by atoms with E-state index < -0.39 is 0 Å². The molecule has 0 aliphatic carbocycles. The summed E-state index contributed by atoms with van der Waals surface area (Å²) in [5, 5.41) is 2.95. The molecular formula is C33H27N7O3. The van der Waals surface area contributed by atoms with Crippen LogP contribution in [0.5, 0.6) is 0 Å². The molecule has 10 heteroatoms. The second-order valence-electron chi connectivity index (χ2n) is 9.79. The first-order valence-corrected chi connectivity index (χ1v) is 13.5. The number of hydrogen-bond donors (Lipinski definition) is 2. The van der Waals surface area contributed by atoms with Crippen LogP contribution in [0.25, 0.3) is 39.5 Å². The van der Waals surface area contributed by atoms with Crippen LogP contribution in [0, 0.1) is 0 Å². The summed E-state index contributed by atoms with van der Waals surface area (Å²) in [4.78, 5) is 42.6. The number of ether oxygens (including phenoxy) is 1. The van der Waals surface area contributed by atoms with Crippen molar-refractivity contribution in [2.24, 2.45) is 0 Å². The van der Waals surface area contributed by atoms with Gasteiger partial charge in [0.1, 0.15) is 11.3 Å². The third-order valence-corrected chi connectivity index (χ3v) is 6.98. The third-order valence-electron chi connectivity index (χ3n) is 6.98. The number of benzene rings is 2. The predicted octanol–water partition coefficient (Wildman–Crippen LogP) is 4.77. The Hall–Kier alpha value is -5.90. The number of hydrogen-bond acceptors (Lipinski definition) is 8. The summed E-state index contributed by atoms with van der Waals surface area (Å²) in [7, 11) is 1.35. The zero-order valence-corrected chi connectivity index (χ0v) is 23.3. The SMILES string of the molecule is COC(=O)Cc1ccc(C(=O)NCc2ccc(-n3c(-c4cccnc4N)nc4ccc(-c5cccnc5)nc43)cc2)cc1. The number of imidazole rings is 1. The van der Waals surface area contributed by atoms with Crippen LogP contribution < -0.4 is 11.1 Å². The van der Waals surface area contributed by atoms with Gasteiger partial charge in [-0.3, -0.25) is 19.1 Å². The van der Waals surface area contributed by atoms with Gasteiger partial charge in [0.25, 0.3) is 5.91 Å². The van der Waals surface area contributed by atoms with Crippen LogP contribution in [0.1, 0.15) is 21.5 Å². The van der Waals surface area contributed by atoms with Gasteiger partial charge in [0.2, 0.25) is 0 Å². The molecular weight excluding hydrogens is 542 g/mol. The van der Waals surface area contributed by atoms with Crippen LogP contribution in [-0.2, 0) is 22.5 Å². The van der Waals surface area contributed by atoms with Crippen molar-refractivity contribution >= 4 is 28.9 Å². The fraction of sp³-hybridized carbons (Fsp3) is 0.0909. The van der Waals surface area contributed by atoms with Crippen molar-refractivity contribution in [1.82, 2.24) is 29.8 Å². The van der Waals surface area contributed by atoms with E-state index in [-0.39, 0.29) is 18.3 Å².